The summed E-state index contributed by atoms with van der Waals surface area (Å²) in [6.45, 7) is 8.91. The molecule has 0 radical (unpaired) electrons. The minimum absolute atomic E-state index is 1.00. The van der Waals surface area contributed by atoms with Gasteiger partial charge in [-0.3, -0.25) is 0 Å². The van der Waals surface area contributed by atoms with Crippen LogP contribution in [0.25, 0.3) is 0 Å². The second kappa shape index (κ2) is 5.78. The van der Waals surface area contributed by atoms with Gasteiger partial charge in [-0.2, -0.15) is 0 Å². The largest absolute Gasteiger partial charge is 0.0683 e. The maximum atomic E-state index is 2.45. The van der Waals surface area contributed by atoms with Gasteiger partial charge in [0.15, 0.2) is 0 Å². The fourth-order valence-electron chi connectivity index (χ4n) is 3.32. The maximum Gasteiger partial charge on any atom is -0.0383 e. The van der Waals surface area contributed by atoms with E-state index in [1.54, 1.807) is 12.8 Å². The van der Waals surface area contributed by atoms with Gasteiger partial charge >= 0.3 is 0 Å². The third-order valence-corrected chi connectivity index (χ3v) is 4.39. The highest BCUT2D eigenvalue weighted by molar-refractivity contribution is 4.84. The number of hydrogen-bond acceptors (Lipinski definition) is 0. The van der Waals surface area contributed by atoms with Crippen molar-refractivity contribution in [3.05, 3.63) is 0 Å². The van der Waals surface area contributed by atoms with Crippen LogP contribution in [0.5, 0.6) is 0 Å². The summed E-state index contributed by atoms with van der Waals surface area (Å²) in [5.74, 6) is 4.24. The maximum absolute atomic E-state index is 2.45. The zero-order valence-corrected chi connectivity index (χ0v) is 10.6. The van der Waals surface area contributed by atoms with E-state index in [0.717, 1.165) is 23.7 Å². The van der Waals surface area contributed by atoms with Gasteiger partial charge in [0.05, 0.1) is 0 Å². The molecule has 0 N–H and O–H groups in total. The van der Waals surface area contributed by atoms with Gasteiger partial charge in [-0.15, -0.1) is 0 Å². The van der Waals surface area contributed by atoms with Crippen LogP contribution in [0, 0.1) is 23.7 Å². The molecule has 4 atom stereocenters. The third-order valence-electron chi connectivity index (χ3n) is 4.39. The van der Waals surface area contributed by atoms with E-state index in [0.29, 0.717) is 0 Å². The van der Waals surface area contributed by atoms with E-state index in [4.69, 9.17) is 0 Å². The Morgan fingerprint density at radius 1 is 0.714 bits per heavy atom. The summed E-state index contributed by atoms with van der Waals surface area (Å²) in [4.78, 5) is 0. The minimum Gasteiger partial charge on any atom is -0.0683 e. The van der Waals surface area contributed by atoms with E-state index in [1.807, 2.05) is 13.8 Å². The second-order valence-corrected chi connectivity index (χ2v) is 5.23. The van der Waals surface area contributed by atoms with Crippen LogP contribution in [0.3, 0.4) is 0 Å². The van der Waals surface area contributed by atoms with Crippen LogP contribution in [0.15, 0.2) is 0 Å². The van der Waals surface area contributed by atoms with Crippen LogP contribution in [0.4, 0.5) is 0 Å². The molecule has 2 saturated carbocycles. The Kier molecular flexibility index (Phi) is 4.98. The lowest BCUT2D eigenvalue weighted by Crippen LogP contribution is -2.31. The number of hydrogen-bond donors (Lipinski definition) is 0. The van der Waals surface area contributed by atoms with Crippen molar-refractivity contribution in [1.29, 1.82) is 0 Å². The summed E-state index contributed by atoms with van der Waals surface area (Å²) in [7, 11) is 0. The molecule has 14 heavy (non-hydrogen) atoms. The molecule has 0 aromatic heterocycles. The zero-order chi connectivity index (χ0) is 10.6. The van der Waals surface area contributed by atoms with Crippen molar-refractivity contribution in [3.63, 3.8) is 0 Å². The Balaban J connectivity index is 0.000000461. The summed E-state index contributed by atoms with van der Waals surface area (Å²) < 4.78 is 0. The van der Waals surface area contributed by atoms with Gasteiger partial charge in [-0.25, -0.2) is 0 Å². The van der Waals surface area contributed by atoms with Crippen LogP contribution in [0.2, 0.25) is 0 Å². The molecule has 2 fully saturated rings. The molecule has 0 aliphatic heterocycles. The average molecular weight is 196 g/mol. The average Bonchev–Trinajstić information content (AvgIpc) is 2.23. The summed E-state index contributed by atoms with van der Waals surface area (Å²) >= 11 is 0. The third kappa shape index (κ3) is 2.74. The summed E-state index contributed by atoms with van der Waals surface area (Å²) in [6.07, 6.45) is 9.19. The summed E-state index contributed by atoms with van der Waals surface area (Å²) in [5.41, 5.74) is 0. The van der Waals surface area contributed by atoms with Crippen molar-refractivity contribution in [3.8, 4) is 0 Å². The van der Waals surface area contributed by atoms with Crippen LogP contribution in [0.1, 0.15) is 66.2 Å². The molecule has 0 spiro atoms. The topological polar surface area (TPSA) is 0 Å². The smallest absolute Gasteiger partial charge is 0.0383 e. The van der Waals surface area contributed by atoms with E-state index in [9.17, 15) is 0 Å². The molecule has 2 aliphatic carbocycles. The van der Waals surface area contributed by atoms with Crippen molar-refractivity contribution in [2.45, 2.75) is 66.2 Å². The molecule has 0 nitrogen and oxygen atoms in total. The first kappa shape index (κ1) is 12.1. The van der Waals surface area contributed by atoms with Gasteiger partial charge in [0, 0.05) is 0 Å². The van der Waals surface area contributed by atoms with Crippen molar-refractivity contribution >= 4 is 0 Å². The monoisotopic (exact) mass is 196 g/mol. The Morgan fingerprint density at radius 2 is 1.07 bits per heavy atom. The van der Waals surface area contributed by atoms with Gasteiger partial charge in [0.25, 0.3) is 0 Å². The first-order valence-corrected chi connectivity index (χ1v) is 6.77. The first-order chi connectivity index (χ1) is 6.77. The van der Waals surface area contributed by atoms with E-state index in [2.05, 4.69) is 13.8 Å². The molecule has 0 saturated heterocycles. The van der Waals surface area contributed by atoms with Crippen molar-refractivity contribution in [1.82, 2.24) is 0 Å². The molecule has 0 aromatic carbocycles. The Hall–Kier alpha value is 0. The van der Waals surface area contributed by atoms with Crippen molar-refractivity contribution in [2.75, 3.05) is 0 Å². The molecular weight excluding hydrogens is 168 g/mol. The lowest BCUT2D eigenvalue weighted by atomic mass is 9.64. The Morgan fingerprint density at radius 3 is 1.43 bits per heavy atom. The standard InChI is InChI=1S/C12H22.C2H6/c1-9-7-11-5-3-4-6-12(11)8-10(9)2;1-2/h9-12H,3-8H2,1-2H3;1-2H3. The normalized spacial score (nSPS) is 42.0. The minimum atomic E-state index is 1.00. The van der Waals surface area contributed by atoms with E-state index in [1.165, 1.54) is 25.7 Å². The predicted octanol–water partition coefficient (Wildman–Crippen LogP) is 4.89. The van der Waals surface area contributed by atoms with Crippen LogP contribution >= 0.6 is 0 Å². The SMILES string of the molecule is CC.CC1CC2CCCCC2CC1C. The summed E-state index contributed by atoms with van der Waals surface area (Å²) in [6, 6.07) is 0. The van der Waals surface area contributed by atoms with Gasteiger partial charge in [0.2, 0.25) is 0 Å². The molecule has 0 amide bonds. The lowest BCUT2D eigenvalue weighted by molar-refractivity contribution is 0.0942. The summed E-state index contributed by atoms with van der Waals surface area (Å²) in [5, 5.41) is 0. The van der Waals surface area contributed by atoms with Crippen molar-refractivity contribution < 1.29 is 0 Å². The van der Waals surface area contributed by atoms with Crippen molar-refractivity contribution in [2.24, 2.45) is 23.7 Å². The Labute approximate surface area is 90.5 Å². The molecule has 0 heterocycles. The quantitative estimate of drug-likeness (QED) is 0.518. The molecule has 2 aliphatic rings. The fraction of sp³-hybridized carbons (Fsp3) is 1.00. The van der Waals surface area contributed by atoms with E-state index >= 15 is 0 Å². The molecule has 84 valence electrons. The molecule has 4 unspecified atom stereocenters. The van der Waals surface area contributed by atoms with Gasteiger partial charge < -0.3 is 0 Å². The molecule has 0 bridgehead atoms. The zero-order valence-electron chi connectivity index (χ0n) is 10.6. The van der Waals surface area contributed by atoms with Crippen LogP contribution < -0.4 is 0 Å². The molecule has 0 heteroatoms. The molecule has 2 rings (SSSR count). The van der Waals surface area contributed by atoms with Crippen LogP contribution in [-0.4, -0.2) is 0 Å². The highest BCUT2D eigenvalue weighted by Gasteiger charge is 2.33. The van der Waals surface area contributed by atoms with Crippen LogP contribution in [-0.2, 0) is 0 Å². The van der Waals surface area contributed by atoms with Gasteiger partial charge in [-0.1, -0.05) is 53.4 Å². The Bertz CT molecular complexity index is 132. The highest BCUT2D eigenvalue weighted by Crippen LogP contribution is 2.44. The highest BCUT2D eigenvalue weighted by atomic mass is 14.4. The van der Waals surface area contributed by atoms with Gasteiger partial charge in [-0.05, 0) is 36.5 Å². The fourth-order valence-corrected chi connectivity index (χ4v) is 3.32. The molecule has 0 aromatic rings. The van der Waals surface area contributed by atoms with E-state index in [-0.39, 0.29) is 0 Å². The number of fused-ring (bicyclic) bond motifs is 1. The lowest BCUT2D eigenvalue weighted by Gasteiger charge is -2.41. The number of rotatable bonds is 0. The first-order valence-electron chi connectivity index (χ1n) is 6.77. The predicted molar refractivity (Wildman–Crippen MR) is 64.4 cm³/mol. The second-order valence-electron chi connectivity index (χ2n) is 5.23. The van der Waals surface area contributed by atoms with Gasteiger partial charge in [0.1, 0.15) is 0 Å². The molecular formula is C14H28. The van der Waals surface area contributed by atoms with E-state index < -0.39 is 0 Å².